The molecule has 296 valence electrons. The minimum Gasteiger partial charge on any atom is -0.508 e. The Morgan fingerprint density at radius 3 is 2.12 bits per heavy atom. The van der Waals surface area contributed by atoms with Gasteiger partial charge in [-0.15, -0.1) is 0 Å². The predicted molar refractivity (Wildman–Crippen MR) is 216 cm³/mol. The molecule has 1 spiro atoms. The van der Waals surface area contributed by atoms with E-state index in [-0.39, 0.29) is 47.8 Å². The molecule has 3 fully saturated rings. The van der Waals surface area contributed by atoms with E-state index in [1.165, 1.54) is 27.9 Å². The Bertz CT molecular complexity index is 2310. The number of amides is 5. The van der Waals surface area contributed by atoms with Crippen LogP contribution in [0.2, 0.25) is 0 Å². The lowest BCUT2D eigenvalue weighted by atomic mass is 9.69. The van der Waals surface area contributed by atoms with Crippen LogP contribution in [-0.4, -0.2) is 88.1 Å². The number of anilines is 1. The van der Waals surface area contributed by atoms with Crippen LogP contribution in [-0.2, 0) is 33.9 Å². The lowest BCUT2D eigenvalue weighted by molar-refractivity contribution is -0.136. The smallest absolute Gasteiger partial charge is 0.262 e. The molecule has 1 aliphatic carbocycles. The van der Waals surface area contributed by atoms with Crippen LogP contribution < -0.4 is 10.2 Å². The number of phenols is 1. The summed E-state index contributed by atoms with van der Waals surface area (Å²) in [5.41, 5.74) is 8.99. The molecule has 5 heterocycles. The molecule has 0 radical (unpaired) electrons. The summed E-state index contributed by atoms with van der Waals surface area (Å²) >= 11 is 0. The molecular formula is C47H47N5O6. The average molecular weight is 778 g/mol. The third kappa shape index (κ3) is 6.36. The number of aromatic hydroxyl groups is 1. The average Bonchev–Trinajstić information content (AvgIpc) is 3.90. The first kappa shape index (κ1) is 36.5. The number of nitrogens with zero attached hydrogens (tertiary/aromatic N) is 4. The maximum Gasteiger partial charge on any atom is 0.262 e. The maximum absolute atomic E-state index is 13.6. The van der Waals surface area contributed by atoms with Gasteiger partial charge >= 0.3 is 0 Å². The van der Waals surface area contributed by atoms with Crippen molar-refractivity contribution < 1.29 is 29.1 Å². The van der Waals surface area contributed by atoms with Gasteiger partial charge in [-0.3, -0.25) is 39.1 Å². The molecule has 6 aliphatic rings. The van der Waals surface area contributed by atoms with Gasteiger partial charge < -0.3 is 14.9 Å². The molecule has 0 saturated carbocycles. The van der Waals surface area contributed by atoms with Crippen molar-refractivity contribution in [3.63, 3.8) is 0 Å². The molecule has 11 heteroatoms. The molecule has 0 bridgehead atoms. The number of rotatable bonds is 6. The van der Waals surface area contributed by atoms with Crippen LogP contribution in [0.3, 0.4) is 0 Å². The third-order valence-corrected chi connectivity index (χ3v) is 14.0. The van der Waals surface area contributed by atoms with Crippen molar-refractivity contribution in [3.8, 4) is 5.75 Å². The van der Waals surface area contributed by atoms with Gasteiger partial charge in [0.2, 0.25) is 17.7 Å². The van der Waals surface area contributed by atoms with Crippen molar-refractivity contribution in [1.29, 1.82) is 0 Å². The van der Waals surface area contributed by atoms with E-state index < -0.39 is 29.7 Å². The van der Waals surface area contributed by atoms with Crippen molar-refractivity contribution in [2.45, 2.75) is 75.9 Å². The van der Waals surface area contributed by atoms with Gasteiger partial charge in [-0.05, 0) is 120 Å². The second-order valence-electron chi connectivity index (χ2n) is 17.3. The minimum atomic E-state index is -0.992. The van der Waals surface area contributed by atoms with Gasteiger partial charge in [0.05, 0.1) is 17.7 Å². The summed E-state index contributed by atoms with van der Waals surface area (Å²) in [5, 5.41) is 12.5. The lowest BCUT2D eigenvalue weighted by Gasteiger charge is -2.40. The Hall–Kier alpha value is -5.81. The Morgan fingerprint density at radius 1 is 0.741 bits per heavy atom. The highest BCUT2D eigenvalue weighted by Gasteiger charge is 2.46. The maximum atomic E-state index is 13.6. The number of fused-ring (bicyclic) bond motifs is 3. The molecular weight excluding hydrogens is 731 g/mol. The number of carbonyl (C=O) groups is 5. The fourth-order valence-electron chi connectivity index (χ4n) is 10.8. The third-order valence-electron chi connectivity index (χ3n) is 14.0. The van der Waals surface area contributed by atoms with Crippen molar-refractivity contribution in [2.24, 2.45) is 5.41 Å². The van der Waals surface area contributed by atoms with Gasteiger partial charge in [0.25, 0.3) is 11.8 Å². The fraction of sp³-hybridized carbons (Fsp3) is 0.383. The van der Waals surface area contributed by atoms with Crippen molar-refractivity contribution in [2.75, 3.05) is 37.6 Å². The number of nitrogens with one attached hydrogen (secondary N) is 1. The van der Waals surface area contributed by atoms with Crippen LogP contribution in [0, 0.1) is 5.41 Å². The quantitative estimate of drug-likeness (QED) is 0.246. The van der Waals surface area contributed by atoms with Crippen LogP contribution in [0.1, 0.15) is 104 Å². The minimum absolute atomic E-state index is 0.0794. The van der Waals surface area contributed by atoms with Gasteiger partial charge in [0.1, 0.15) is 11.8 Å². The molecule has 11 nitrogen and oxygen atoms in total. The number of hydrogen-bond acceptors (Lipinski definition) is 8. The normalized spacial score (nSPS) is 23.9. The van der Waals surface area contributed by atoms with E-state index in [0.717, 1.165) is 74.3 Å². The Labute approximate surface area is 337 Å². The summed E-state index contributed by atoms with van der Waals surface area (Å²) in [5.74, 6) is -1.04. The molecule has 5 aliphatic heterocycles. The van der Waals surface area contributed by atoms with E-state index in [9.17, 15) is 29.1 Å². The summed E-state index contributed by atoms with van der Waals surface area (Å²) in [7, 11) is 0. The lowest BCUT2D eigenvalue weighted by Crippen LogP contribution is -2.54. The van der Waals surface area contributed by atoms with Crippen LogP contribution in [0.25, 0.3) is 0 Å². The van der Waals surface area contributed by atoms with Gasteiger partial charge in [-0.2, -0.15) is 0 Å². The Kier molecular flexibility index (Phi) is 8.96. The summed E-state index contributed by atoms with van der Waals surface area (Å²) in [6.45, 7) is 4.73. The molecule has 1 unspecified atom stereocenters. The Balaban J connectivity index is 0.752. The number of hydrogen-bond donors (Lipinski definition) is 2. The van der Waals surface area contributed by atoms with Gasteiger partial charge in [-0.25, -0.2) is 0 Å². The molecule has 58 heavy (non-hydrogen) atoms. The number of imide groups is 2. The number of benzene rings is 4. The number of piperidine rings is 2. The number of phenolic OH excluding ortho intramolecular Hbond substituents is 1. The highest BCUT2D eigenvalue weighted by atomic mass is 16.3. The zero-order valence-electron chi connectivity index (χ0n) is 32.5. The number of aryl methyl sites for hydroxylation is 1. The molecule has 2 N–H and O–H groups in total. The summed E-state index contributed by atoms with van der Waals surface area (Å²) in [6.07, 6.45) is 5.24. The molecule has 4 aromatic carbocycles. The summed E-state index contributed by atoms with van der Waals surface area (Å²) in [4.78, 5) is 72.0. The van der Waals surface area contributed by atoms with E-state index in [4.69, 9.17) is 0 Å². The second kappa shape index (κ2) is 14.2. The topological polar surface area (TPSA) is 131 Å². The SMILES string of the molecule is O=C1CCC(N2C(=O)c3cc4c(cc3C2=O)CN(CC(=O)N2CCC3(CC2)CCN(c2ccc([C@@H]5c6ccc(O)cc6CC[C@@H]5c5ccccc5)cc2)C3)C4)C(=O)N1. The van der Waals surface area contributed by atoms with E-state index in [2.05, 4.69) is 75.8 Å². The standard InChI is InChI=1S/C47H47N5O6/c53-35-11-13-37-31(22-35)8-12-36(29-4-2-1-3-5-29)43(37)30-6-9-34(10-7-30)51-21-18-47(28-51)16-19-50(20-17-47)42(55)27-49-25-32-23-38-39(24-33(32)26-49)46(58)52(45(38)57)40-14-15-41(54)48-44(40)56/h1-7,9-11,13,22-24,36,40,43,53H,8,12,14-21,25-28H2,(H,48,54,56)/t36-,40?,43+/m1/s1. The monoisotopic (exact) mass is 777 g/mol. The van der Waals surface area contributed by atoms with Crippen molar-refractivity contribution >= 4 is 35.2 Å². The van der Waals surface area contributed by atoms with E-state index in [1.807, 2.05) is 17.0 Å². The van der Waals surface area contributed by atoms with Gasteiger partial charge in [0, 0.05) is 57.3 Å². The zero-order chi connectivity index (χ0) is 39.7. The number of carbonyl (C=O) groups excluding carboxylic acids is 5. The van der Waals surface area contributed by atoms with Crippen LogP contribution in [0.4, 0.5) is 5.69 Å². The first-order chi connectivity index (χ1) is 28.1. The highest BCUT2D eigenvalue weighted by molar-refractivity contribution is 6.23. The Morgan fingerprint density at radius 2 is 1.43 bits per heavy atom. The predicted octanol–water partition coefficient (Wildman–Crippen LogP) is 5.49. The molecule has 5 amide bonds. The van der Waals surface area contributed by atoms with Crippen molar-refractivity contribution in [3.05, 3.63) is 129 Å². The second-order valence-corrected chi connectivity index (χ2v) is 17.3. The van der Waals surface area contributed by atoms with Crippen LogP contribution in [0.15, 0.2) is 84.9 Å². The summed E-state index contributed by atoms with van der Waals surface area (Å²) < 4.78 is 0. The zero-order valence-corrected chi connectivity index (χ0v) is 32.5. The van der Waals surface area contributed by atoms with Gasteiger partial charge in [0.15, 0.2) is 0 Å². The molecule has 4 aromatic rings. The van der Waals surface area contributed by atoms with Crippen LogP contribution in [0.5, 0.6) is 5.75 Å². The molecule has 3 saturated heterocycles. The molecule has 3 atom stereocenters. The fourth-order valence-corrected chi connectivity index (χ4v) is 10.8. The van der Waals surface area contributed by atoms with E-state index in [1.54, 1.807) is 12.1 Å². The van der Waals surface area contributed by atoms with E-state index in [0.29, 0.717) is 24.8 Å². The van der Waals surface area contributed by atoms with Crippen molar-refractivity contribution in [1.82, 2.24) is 20.0 Å². The van der Waals surface area contributed by atoms with Gasteiger partial charge in [-0.1, -0.05) is 48.5 Å². The number of likely N-dealkylation sites (tertiary alicyclic amines) is 1. The first-order valence-corrected chi connectivity index (χ1v) is 20.7. The first-order valence-electron chi connectivity index (χ1n) is 20.7. The van der Waals surface area contributed by atoms with E-state index >= 15 is 0 Å². The van der Waals surface area contributed by atoms with Crippen LogP contribution >= 0.6 is 0 Å². The molecule has 0 aromatic heterocycles. The molecule has 10 rings (SSSR count). The highest BCUT2D eigenvalue weighted by Crippen LogP contribution is 2.48. The largest absolute Gasteiger partial charge is 0.508 e. The summed E-state index contributed by atoms with van der Waals surface area (Å²) in [6, 6.07) is 28.4.